The third-order valence-electron chi connectivity index (χ3n) is 4.13. The molecule has 0 spiro atoms. The van der Waals surface area contributed by atoms with E-state index in [9.17, 15) is 9.59 Å². The predicted molar refractivity (Wildman–Crippen MR) is 88.1 cm³/mol. The number of hydrogen-bond donors (Lipinski definition) is 1. The monoisotopic (exact) mass is 358 g/mol. The average molecular weight is 359 g/mol. The Hall–Kier alpha value is -1.64. The Morgan fingerprint density at radius 1 is 1.54 bits per heavy atom. The van der Waals surface area contributed by atoms with Gasteiger partial charge in [-0.25, -0.2) is 0 Å². The van der Waals surface area contributed by atoms with Crippen molar-refractivity contribution in [2.45, 2.75) is 25.5 Å². The Labute approximate surface area is 146 Å². The number of nitrogens with zero attached hydrogens (tertiary/aromatic N) is 3. The summed E-state index contributed by atoms with van der Waals surface area (Å²) in [6, 6.07) is 0. The van der Waals surface area contributed by atoms with E-state index in [1.807, 2.05) is 6.92 Å². The third-order valence-corrected chi connectivity index (χ3v) is 4.40. The highest BCUT2D eigenvalue weighted by Gasteiger charge is 2.39. The van der Waals surface area contributed by atoms with Crippen LogP contribution in [0.4, 0.5) is 0 Å². The Kier molecular flexibility index (Phi) is 6.20. The maximum absolute atomic E-state index is 12.9. The predicted octanol–water partition coefficient (Wildman–Crippen LogP) is 0.550. The van der Waals surface area contributed by atoms with Crippen molar-refractivity contribution in [2.24, 2.45) is 0 Å². The number of hydrogen-bond acceptors (Lipinski definition) is 5. The van der Waals surface area contributed by atoms with E-state index in [0.29, 0.717) is 30.4 Å². The molecular weight excluding hydrogens is 336 g/mol. The summed E-state index contributed by atoms with van der Waals surface area (Å²) in [6.07, 6.45) is 1.56. The topological polar surface area (TPSA) is 85.7 Å². The molecule has 0 unspecified atom stereocenters. The van der Waals surface area contributed by atoms with Gasteiger partial charge in [-0.1, -0.05) is 11.6 Å². The van der Waals surface area contributed by atoms with E-state index in [4.69, 9.17) is 21.1 Å². The first-order valence-electron chi connectivity index (χ1n) is 7.80. The molecule has 134 valence electrons. The Morgan fingerprint density at radius 3 is 2.92 bits per heavy atom. The standard InChI is InChI=1S/C15H23ClN4O4/c1-4-20-13(11(16)8-18-20)14(22)19-5-6-24-10-15(9-19,23-3)7-12(21)17-2/h8H,4-7,9-10H2,1-3H3,(H,17,21)/t15-/m1/s1. The van der Waals surface area contributed by atoms with Crippen molar-refractivity contribution in [2.75, 3.05) is 40.5 Å². The largest absolute Gasteiger partial charge is 0.377 e. The van der Waals surface area contributed by atoms with Crippen molar-refractivity contribution in [3.05, 3.63) is 16.9 Å². The van der Waals surface area contributed by atoms with Crippen LogP contribution in [0.5, 0.6) is 0 Å². The number of halogens is 1. The Bertz CT molecular complexity index is 606. The fraction of sp³-hybridized carbons (Fsp3) is 0.667. The molecule has 1 aromatic rings. The van der Waals surface area contributed by atoms with Gasteiger partial charge in [0.25, 0.3) is 5.91 Å². The molecule has 8 nitrogen and oxygen atoms in total. The van der Waals surface area contributed by atoms with Gasteiger partial charge in [0.05, 0.1) is 37.4 Å². The highest BCUT2D eigenvalue weighted by atomic mass is 35.5. The van der Waals surface area contributed by atoms with Crippen LogP contribution in [0.1, 0.15) is 23.8 Å². The summed E-state index contributed by atoms with van der Waals surface area (Å²) < 4.78 is 12.7. The van der Waals surface area contributed by atoms with Gasteiger partial charge in [0.1, 0.15) is 11.3 Å². The second-order valence-corrected chi connectivity index (χ2v) is 6.08. The number of amides is 2. The van der Waals surface area contributed by atoms with Gasteiger partial charge in [-0.3, -0.25) is 14.3 Å². The Balaban J connectivity index is 2.26. The van der Waals surface area contributed by atoms with Crippen LogP contribution < -0.4 is 5.32 Å². The van der Waals surface area contributed by atoms with Crippen LogP contribution in [0.2, 0.25) is 5.02 Å². The number of rotatable bonds is 5. The molecule has 1 aromatic heterocycles. The molecule has 1 saturated heterocycles. The number of nitrogens with one attached hydrogen (secondary N) is 1. The minimum absolute atomic E-state index is 0.102. The fourth-order valence-corrected chi connectivity index (χ4v) is 2.95. The SMILES string of the molecule is CCn1ncc(Cl)c1C(=O)N1CCOC[C@](CC(=O)NC)(OC)C1. The maximum atomic E-state index is 12.9. The fourth-order valence-electron chi connectivity index (χ4n) is 2.73. The van der Waals surface area contributed by atoms with Crippen molar-refractivity contribution < 1.29 is 19.1 Å². The summed E-state index contributed by atoms with van der Waals surface area (Å²) in [7, 11) is 3.08. The van der Waals surface area contributed by atoms with Crippen molar-refractivity contribution in [3.8, 4) is 0 Å². The van der Waals surface area contributed by atoms with Crippen LogP contribution >= 0.6 is 11.6 Å². The van der Waals surface area contributed by atoms with Crippen LogP contribution in [0.15, 0.2) is 6.20 Å². The first kappa shape index (κ1) is 18.7. The van der Waals surface area contributed by atoms with E-state index in [1.165, 1.54) is 13.3 Å². The lowest BCUT2D eigenvalue weighted by molar-refractivity contribution is -0.131. The number of methoxy groups -OCH3 is 1. The molecule has 1 atom stereocenters. The van der Waals surface area contributed by atoms with Gasteiger partial charge in [-0.2, -0.15) is 5.10 Å². The molecule has 0 radical (unpaired) electrons. The number of ether oxygens (including phenoxy) is 2. The summed E-state index contributed by atoms with van der Waals surface area (Å²) >= 11 is 6.13. The van der Waals surface area contributed by atoms with Crippen molar-refractivity contribution in [1.29, 1.82) is 0 Å². The lowest BCUT2D eigenvalue weighted by Gasteiger charge is -2.33. The summed E-state index contributed by atoms with van der Waals surface area (Å²) in [5.74, 6) is -0.422. The van der Waals surface area contributed by atoms with Crippen molar-refractivity contribution in [3.63, 3.8) is 0 Å². The molecule has 1 N–H and O–H groups in total. The zero-order valence-electron chi connectivity index (χ0n) is 14.2. The molecule has 24 heavy (non-hydrogen) atoms. The van der Waals surface area contributed by atoms with E-state index >= 15 is 0 Å². The van der Waals surface area contributed by atoms with Crippen molar-refractivity contribution >= 4 is 23.4 Å². The van der Waals surface area contributed by atoms with E-state index < -0.39 is 5.60 Å². The molecule has 0 aromatic carbocycles. The first-order valence-corrected chi connectivity index (χ1v) is 8.18. The van der Waals surface area contributed by atoms with E-state index in [1.54, 1.807) is 16.6 Å². The van der Waals surface area contributed by atoms with Gasteiger partial charge in [-0.15, -0.1) is 0 Å². The number of aromatic nitrogens is 2. The average Bonchev–Trinajstić information content (AvgIpc) is 2.83. The lowest BCUT2D eigenvalue weighted by Crippen LogP contribution is -2.50. The normalized spacial score (nSPS) is 21.4. The van der Waals surface area contributed by atoms with Gasteiger partial charge in [0.2, 0.25) is 5.91 Å². The quantitative estimate of drug-likeness (QED) is 0.830. The van der Waals surface area contributed by atoms with Crippen LogP contribution in [0.25, 0.3) is 0 Å². The van der Waals surface area contributed by atoms with E-state index in [-0.39, 0.29) is 31.4 Å². The minimum atomic E-state index is -0.893. The highest BCUT2D eigenvalue weighted by Crippen LogP contribution is 2.24. The molecule has 9 heteroatoms. The van der Waals surface area contributed by atoms with E-state index in [2.05, 4.69) is 10.4 Å². The summed E-state index contributed by atoms with van der Waals surface area (Å²) in [5.41, 5.74) is -0.554. The highest BCUT2D eigenvalue weighted by molar-refractivity contribution is 6.33. The maximum Gasteiger partial charge on any atom is 0.273 e. The molecular formula is C15H23ClN4O4. The molecule has 2 rings (SSSR count). The second kappa shape index (κ2) is 7.96. The van der Waals surface area contributed by atoms with Crippen LogP contribution in [0.3, 0.4) is 0 Å². The number of carbonyl (C=O) groups is 2. The zero-order valence-corrected chi connectivity index (χ0v) is 14.9. The van der Waals surface area contributed by atoms with Gasteiger partial charge in [0.15, 0.2) is 0 Å². The summed E-state index contributed by atoms with van der Waals surface area (Å²) in [4.78, 5) is 26.4. The molecule has 1 aliphatic rings. The smallest absolute Gasteiger partial charge is 0.273 e. The minimum Gasteiger partial charge on any atom is -0.377 e. The van der Waals surface area contributed by atoms with Crippen molar-refractivity contribution in [1.82, 2.24) is 20.0 Å². The zero-order chi connectivity index (χ0) is 17.7. The molecule has 0 aliphatic carbocycles. The van der Waals surface area contributed by atoms with Crippen LogP contribution in [-0.2, 0) is 20.8 Å². The van der Waals surface area contributed by atoms with Gasteiger partial charge in [0, 0.05) is 27.2 Å². The summed E-state index contributed by atoms with van der Waals surface area (Å²) in [5, 5.41) is 6.99. The third kappa shape index (κ3) is 3.88. The van der Waals surface area contributed by atoms with Gasteiger partial charge in [-0.05, 0) is 6.92 Å². The van der Waals surface area contributed by atoms with Crippen LogP contribution in [0, 0.1) is 0 Å². The molecule has 1 aliphatic heterocycles. The number of aryl methyl sites for hydroxylation is 1. The Morgan fingerprint density at radius 2 is 2.29 bits per heavy atom. The van der Waals surface area contributed by atoms with E-state index in [0.717, 1.165) is 0 Å². The summed E-state index contributed by atoms with van der Waals surface area (Å²) in [6.45, 7) is 3.65. The molecule has 2 heterocycles. The first-order chi connectivity index (χ1) is 11.5. The molecule has 2 amide bonds. The molecule has 0 bridgehead atoms. The second-order valence-electron chi connectivity index (χ2n) is 5.67. The molecule has 1 fully saturated rings. The molecule has 0 saturated carbocycles. The lowest BCUT2D eigenvalue weighted by atomic mass is 9.99. The number of carbonyl (C=O) groups excluding carboxylic acids is 2. The van der Waals surface area contributed by atoms with Gasteiger partial charge < -0.3 is 19.7 Å². The van der Waals surface area contributed by atoms with Crippen LogP contribution in [-0.4, -0.2) is 72.6 Å². The van der Waals surface area contributed by atoms with Gasteiger partial charge >= 0.3 is 0 Å².